The number of hydrogen-bond donors (Lipinski definition) is 2. The summed E-state index contributed by atoms with van der Waals surface area (Å²) in [5, 5.41) is 5.94. The number of nitrogens with one attached hydrogen (secondary N) is 2. The van der Waals surface area contributed by atoms with Gasteiger partial charge < -0.3 is 19.9 Å². The van der Waals surface area contributed by atoms with Gasteiger partial charge in [-0.3, -0.25) is 9.59 Å². The monoisotopic (exact) mass is 426 g/mol. The number of fused-ring (bicyclic) bond motifs is 3. The summed E-state index contributed by atoms with van der Waals surface area (Å²) < 4.78 is 5.63. The van der Waals surface area contributed by atoms with Crippen molar-refractivity contribution >= 4 is 33.6 Å². The Bertz CT molecular complexity index is 1360. The van der Waals surface area contributed by atoms with Crippen LogP contribution >= 0.6 is 0 Å². The molecule has 2 aromatic carbocycles. The van der Waals surface area contributed by atoms with E-state index in [9.17, 15) is 9.59 Å². The quantitative estimate of drug-likeness (QED) is 0.516. The molecule has 2 fully saturated rings. The number of H-pyrrole nitrogens is 1. The lowest BCUT2D eigenvalue weighted by molar-refractivity contribution is -0.139. The highest BCUT2D eigenvalue weighted by atomic mass is 16.5. The van der Waals surface area contributed by atoms with Crippen LogP contribution in [0.1, 0.15) is 16.8 Å². The molecule has 0 unspecified atom stereocenters. The Kier molecular flexibility index (Phi) is 4.43. The Labute approximate surface area is 184 Å². The number of amides is 2. The maximum absolute atomic E-state index is 13.5. The second-order valence-electron chi connectivity index (χ2n) is 8.41. The molecule has 32 heavy (non-hydrogen) atoms. The molecule has 7 nitrogen and oxygen atoms in total. The molecular weight excluding hydrogens is 404 g/mol. The number of benzene rings is 2. The molecule has 160 valence electrons. The Balaban J connectivity index is 1.36. The summed E-state index contributed by atoms with van der Waals surface area (Å²) >= 11 is 0. The Morgan fingerprint density at radius 3 is 2.94 bits per heavy atom. The molecule has 2 amide bonds. The Hall–Kier alpha value is -3.71. The van der Waals surface area contributed by atoms with E-state index < -0.39 is 0 Å². The molecule has 6 rings (SSSR count). The summed E-state index contributed by atoms with van der Waals surface area (Å²) in [5.41, 5.74) is 3.57. The number of rotatable bonds is 2. The fourth-order valence-corrected chi connectivity index (χ4v) is 4.89. The van der Waals surface area contributed by atoms with Gasteiger partial charge in [0.15, 0.2) is 0 Å². The van der Waals surface area contributed by atoms with E-state index in [2.05, 4.69) is 27.4 Å². The van der Waals surface area contributed by atoms with E-state index in [4.69, 9.17) is 4.74 Å². The van der Waals surface area contributed by atoms with Gasteiger partial charge >= 0.3 is 0 Å². The van der Waals surface area contributed by atoms with E-state index in [1.165, 1.54) is 0 Å². The van der Waals surface area contributed by atoms with Crippen molar-refractivity contribution in [2.45, 2.75) is 18.6 Å². The van der Waals surface area contributed by atoms with Gasteiger partial charge in [-0.1, -0.05) is 30.3 Å². The summed E-state index contributed by atoms with van der Waals surface area (Å²) in [6.07, 6.45) is 4.43. The van der Waals surface area contributed by atoms with Crippen LogP contribution in [-0.2, 0) is 9.53 Å². The van der Waals surface area contributed by atoms with Crippen molar-refractivity contribution in [1.29, 1.82) is 0 Å². The molecule has 4 aromatic rings. The van der Waals surface area contributed by atoms with Gasteiger partial charge in [0.05, 0.1) is 12.1 Å². The number of ether oxygens (including phenoxy) is 1. The highest BCUT2D eigenvalue weighted by molar-refractivity contribution is 6.10. The number of aromatic nitrogens is 2. The van der Waals surface area contributed by atoms with Crippen molar-refractivity contribution in [2.24, 2.45) is 0 Å². The molecule has 0 saturated carbocycles. The first-order valence-corrected chi connectivity index (χ1v) is 10.8. The first-order chi connectivity index (χ1) is 15.7. The minimum atomic E-state index is -0.154. The summed E-state index contributed by atoms with van der Waals surface area (Å²) in [7, 11) is 0. The predicted octanol–water partition coefficient (Wildman–Crippen LogP) is 3.11. The number of nitrogens with zero attached hydrogens (tertiary/aromatic N) is 2. The van der Waals surface area contributed by atoms with Gasteiger partial charge in [0.1, 0.15) is 12.3 Å². The lowest BCUT2D eigenvalue weighted by atomic mass is 9.94. The molecule has 4 heterocycles. The van der Waals surface area contributed by atoms with Crippen LogP contribution in [0.4, 0.5) is 0 Å². The van der Waals surface area contributed by atoms with Gasteiger partial charge in [-0.05, 0) is 41.0 Å². The van der Waals surface area contributed by atoms with Gasteiger partial charge in [-0.25, -0.2) is 4.98 Å². The molecule has 2 saturated heterocycles. The van der Waals surface area contributed by atoms with Gasteiger partial charge in [-0.2, -0.15) is 0 Å². The molecule has 0 spiro atoms. The molecule has 2 atom stereocenters. The van der Waals surface area contributed by atoms with Gasteiger partial charge in [-0.15, -0.1) is 0 Å². The normalized spacial score (nSPS) is 20.9. The lowest BCUT2D eigenvalue weighted by Crippen LogP contribution is -2.61. The van der Waals surface area contributed by atoms with E-state index in [-0.39, 0.29) is 30.6 Å². The van der Waals surface area contributed by atoms with E-state index in [1.54, 1.807) is 0 Å². The first-order valence-electron chi connectivity index (χ1n) is 10.8. The average Bonchev–Trinajstić information content (AvgIpc) is 3.30. The van der Waals surface area contributed by atoms with E-state index in [1.807, 2.05) is 53.7 Å². The number of likely N-dealkylation sites (tertiary alicyclic amines) is 1. The fraction of sp³-hybridized carbons (Fsp3) is 0.240. The van der Waals surface area contributed by atoms with Gasteiger partial charge in [0.25, 0.3) is 5.91 Å². The van der Waals surface area contributed by atoms with E-state index >= 15 is 0 Å². The predicted molar refractivity (Wildman–Crippen MR) is 121 cm³/mol. The first kappa shape index (κ1) is 19.0. The number of carbonyl (C=O) groups is 2. The maximum Gasteiger partial charge on any atom is 0.254 e. The Morgan fingerprint density at radius 2 is 2.00 bits per heavy atom. The second-order valence-corrected chi connectivity index (χ2v) is 8.41. The third kappa shape index (κ3) is 3.13. The highest BCUT2D eigenvalue weighted by Crippen LogP contribution is 2.32. The zero-order chi connectivity index (χ0) is 21.7. The zero-order valence-corrected chi connectivity index (χ0v) is 17.4. The van der Waals surface area contributed by atoms with Crippen molar-refractivity contribution in [2.75, 3.05) is 19.7 Å². The lowest BCUT2D eigenvalue weighted by Gasteiger charge is -2.41. The number of carbonyl (C=O) groups excluding carboxylic acids is 2. The molecule has 0 bridgehead atoms. The maximum atomic E-state index is 13.5. The minimum absolute atomic E-state index is 0.0216. The smallest absolute Gasteiger partial charge is 0.254 e. The van der Waals surface area contributed by atoms with Crippen LogP contribution in [0.5, 0.6) is 0 Å². The third-order valence-electron chi connectivity index (χ3n) is 6.48. The van der Waals surface area contributed by atoms with Crippen LogP contribution < -0.4 is 5.32 Å². The molecule has 0 radical (unpaired) electrons. The van der Waals surface area contributed by atoms with Crippen molar-refractivity contribution in [3.05, 3.63) is 66.5 Å². The molecule has 2 aliphatic rings. The topological polar surface area (TPSA) is 87.3 Å². The molecule has 2 aliphatic heterocycles. The number of morpholine rings is 1. The average molecular weight is 426 g/mol. The molecule has 7 heteroatoms. The van der Waals surface area contributed by atoms with Crippen LogP contribution in [-0.4, -0.2) is 58.5 Å². The van der Waals surface area contributed by atoms with Crippen molar-refractivity contribution in [3.63, 3.8) is 0 Å². The van der Waals surface area contributed by atoms with Crippen LogP contribution in [0.15, 0.2) is 60.9 Å². The SMILES string of the molecule is O=C1CO[C@@H]2CCN(C(=O)c3cccc4c(-c5cnc6[nH]ccc6c5)cccc34)C[C@@H]2N1. The van der Waals surface area contributed by atoms with Gasteiger partial charge in [0, 0.05) is 42.0 Å². The Morgan fingerprint density at radius 1 is 1.12 bits per heavy atom. The number of pyridine rings is 1. The highest BCUT2D eigenvalue weighted by Gasteiger charge is 2.36. The molecule has 0 aliphatic carbocycles. The van der Waals surface area contributed by atoms with Crippen LogP contribution in [0, 0.1) is 0 Å². The summed E-state index contributed by atoms with van der Waals surface area (Å²) in [5.74, 6) is -0.145. The second kappa shape index (κ2) is 7.46. The van der Waals surface area contributed by atoms with E-state index in [0.29, 0.717) is 18.7 Å². The van der Waals surface area contributed by atoms with Crippen molar-refractivity contribution in [3.8, 4) is 11.1 Å². The van der Waals surface area contributed by atoms with Crippen LogP contribution in [0.2, 0.25) is 0 Å². The van der Waals surface area contributed by atoms with Crippen molar-refractivity contribution < 1.29 is 14.3 Å². The fourth-order valence-electron chi connectivity index (χ4n) is 4.89. The molecule has 2 aromatic heterocycles. The minimum Gasteiger partial charge on any atom is -0.366 e. The summed E-state index contributed by atoms with van der Waals surface area (Å²) in [6, 6.07) is 15.9. The van der Waals surface area contributed by atoms with Crippen LogP contribution in [0.25, 0.3) is 32.9 Å². The van der Waals surface area contributed by atoms with Crippen LogP contribution in [0.3, 0.4) is 0 Å². The molecule has 2 N–H and O–H groups in total. The molecular formula is C25H22N4O3. The summed E-state index contributed by atoms with van der Waals surface area (Å²) in [4.78, 5) is 34.7. The van der Waals surface area contributed by atoms with Gasteiger partial charge in [0.2, 0.25) is 5.91 Å². The number of piperidine rings is 1. The third-order valence-corrected chi connectivity index (χ3v) is 6.48. The van der Waals surface area contributed by atoms with Crippen molar-refractivity contribution in [1.82, 2.24) is 20.2 Å². The van der Waals surface area contributed by atoms with E-state index in [0.717, 1.165) is 39.4 Å². The summed E-state index contributed by atoms with van der Waals surface area (Å²) in [6.45, 7) is 1.17. The largest absolute Gasteiger partial charge is 0.366 e. The number of hydrogen-bond acceptors (Lipinski definition) is 4. The standard InChI is InChI=1S/C25H22N4O3/c30-23-14-32-22-8-10-29(13-21(22)28-23)25(31)20-6-2-4-18-17(3-1-5-19(18)20)16-11-15-7-9-26-24(15)27-12-16/h1-7,9,11-12,21-22H,8,10,13-14H2,(H,26,27)(H,28,30)/t21-,22+/m0/s1. The zero-order valence-electron chi connectivity index (χ0n) is 17.4. The number of aromatic amines is 1.